The van der Waals surface area contributed by atoms with Crippen molar-refractivity contribution in [3.05, 3.63) is 40.7 Å². The number of nitrogens with zero attached hydrogens (tertiary/aromatic N) is 2. The molecule has 0 unspecified atom stereocenters. The maximum Gasteiger partial charge on any atom is 0.243 e. The molecule has 1 aromatic carbocycles. The molecule has 98 valence electrons. The van der Waals surface area contributed by atoms with Crippen LogP contribution in [0, 0.1) is 0 Å². The van der Waals surface area contributed by atoms with Gasteiger partial charge >= 0.3 is 0 Å². The molecule has 1 heterocycles. The van der Waals surface area contributed by atoms with E-state index < -0.39 is 0 Å². The lowest BCUT2D eigenvalue weighted by atomic mass is 9.92. The zero-order chi connectivity index (χ0) is 13.2. The zero-order valence-electron chi connectivity index (χ0n) is 10.4. The van der Waals surface area contributed by atoms with Gasteiger partial charge in [-0.2, -0.15) is 4.98 Å². The van der Waals surface area contributed by atoms with Crippen LogP contribution in [-0.2, 0) is 12.8 Å². The molecule has 5 heteroatoms. The molecular formula is C14H14ClN3O. The smallest absolute Gasteiger partial charge is 0.243 e. The summed E-state index contributed by atoms with van der Waals surface area (Å²) in [7, 11) is 0. The van der Waals surface area contributed by atoms with Crippen LogP contribution in [0.4, 0.5) is 5.82 Å². The fraction of sp³-hybridized carbons (Fsp3) is 0.286. The van der Waals surface area contributed by atoms with E-state index in [9.17, 15) is 0 Å². The van der Waals surface area contributed by atoms with E-state index in [2.05, 4.69) is 22.1 Å². The summed E-state index contributed by atoms with van der Waals surface area (Å²) < 4.78 is 5.69. The second-order valence-corrected chi connectivity index (χ2v) is 5.00. The molecule has 0 fully saturated rings. The van der Waals surface area contributed by atoms with Crippen molar-refractivity contribution in [2.24, 2.45) is 0 Å². The summed E-state index contributed by atoms with van der Waals surface area (Å²) in [5.74, 6) is 1.26. The first kappa shape index (κ1) is 12.2. The maximum atomic E-state index is 6.01. The summed E-state index contributed by atoms with van der Waals surface area (Å²) in [4.78, 5) is 7.81. The molecule has 1 aliphatic carbocycles. The molecule has 0 aliphatic heterocycles. The lowest BCUT2D eigenvalue weighted by Crippen LogP contribution is -2.02. The molecule has 0 saturated heterocycles. The number of nitrogen functional groups attached to an aromatic ring is 1. The molecule has 0 bridgehead atoms. The fourth-order valence-electron chi connectivity index (χ4n) is 2.32. The summed E-state index contributed by atoms with van der Waals surface area (Å²) >= 11 is 6.01. The van der Waals surface area contributed by atoms with Crippen LogP contribution in [0.15, 0.2) is 24.5 Å². The third-order valence-electron chi connectivity index (χ3n) is 3.32. The molecule has 0 radical (unpaired) electrons. The molecule has 0 saturated carbocycles. The first-order chi connectivity index (χ1) is 9.24. The van der Waals surface area contributed by atoms with Gasteiger partial charge in [-0.25, -0.2) is 4.98 Å². The zero-order valence-corrected chi connectivity index (χ0v) is 11.2. The van der Waals surface area contributed by atoms with Crippen LogP contribution in [0.1, 0.15) is 24.0 Å². The molecule has 1 aromatic heterocycles. The fourth-order valence-corrected chi connectivity index (χ4v) is 2.46. The summed E-state index contributed by atoms with van der Waals surface area (Å²) in [6.07, 6.45) is 6.09. The molecule has 3 rings (SSSR count). The van der Waals surface area contributed by atoms with Crippen molar-refractivity contribution < 1.29 is 4.74 Å². The molecule has 1 aliphatic rings. The van der Waals surface area contributed by atoms with E-state index in [1.807, 2.05) is 6.07 Å². The van der Waals surface area contributed by atoms with E-state index in [1.54, 1.807) is 0 Å². The Morgan fingerprint density at radius 2 is 1.89 bits per heavy atom. The molecule has 2 aromatic rings. The average Bonchev–Trinajstić information content (AvgIpc) is 2.44. The van der Waals surface area contributed by atoms with E-state index in [0.717, 1.165) is 18.6 Å². The molecule has 4 nitrogen and oxygen atoms in total. The quantitative estimate of drug-likeness (QED) is 0.913. The Hall–Kier alpha value is -1.81. The number of halogens is 1. The van der Waals surface area contributed by atoms with E-state index >= 15 is 0 Å². The number of ether oxygens (including phenoxy) is 1. The highest BCUT2D eigenvalue weighted by Gasteiger charge is 2.12. The number of aryl methyl sites for hydroxylation is 2. The SMILES string of the molecule is Nc1ncnc(Oc2ccc3c(c2)CCCC3)c1Cl. The Balaban J connectivity index is 1.89. The van der Waals surface area contributed by atoms with E-state index in [0.29, 0.717) is 5.88 Å². The number of hydrogen-bond acceptors (Lipinski definition) is 4. The Bertz CT molecular complexity index is 616. The van der Waals surface area contributed by atoms with Gasteiger partial charge in [0.2, 0.25) is 5.88 Å². The number of rotatable bonds is 2. The van der Waals surface area contributed by atoms with Crippen LogP contribution in [0.2, 0.25) is 5.02 Å². The standard InChI is InChI=1S/C14H14ClN3O/c15-12-13(16)17-8-18-14(12)19-11-6-5-9-3-1-2-4-10(9)7-11/h5-8H,1-4H2,(H2,16,17,18). The number of benzene rings is 1. The minimum absolute atomic E-state index is 0.227. The third kappa shape index (κ3) is 2.49. The van der Waals surface area contributed by atoms with Gasteiger partial charge in [-0.05, 0) is 48.9 Å². The van der Waals surface area contributed by atoms with Crippen molar-refractivity contribution in [1.82, 2.24) is 9.97 Å². The Labute approximate surface area is 116 Å². The molecule has 19 heavy (non-hydrogen) atoms. The average molecular weight is 276 g/mol. The number of anilines is 1. The van der Waals surface area contributed by atoms with Gasteiger partial charge in [0.05, 0.1) is 0 Å². The Morgan fingerprint density at radius 1 is 1.11 bits per heavy atom. The van der Waals surface area contributed by atoms with Gasteiger partial charge in [0, 0.05) is 0 Å². The van der Waals surface area contributed by atoms with Crippen molar-refractivity contribution in [2.45, 2.75) is 25.7 Å². The van der Waals surface area contributed by atoms with Crippen molar-refractivity contribution in [1.29, 1.82) is 0 Å². The highest BCUT2D eigenvalue weighted by molar-refractivity contribution is 6.34. The van der Waals surface area contributed by atoms with Gasteiger partial charge in [-0.15, -0.1) is 0 Å². The minimum Gasteiger partial charge on any atom is -0.437 e. The van der Waals surface area contributed by atoms with Crippen molar-refractivity contribution in [3.63, 3.8) is 0 Å². The monoisotopic (exact) mass is 275 g/mol. The highest BCUT2D eigenvalue weighted by Crippen LogP contribution is 2.32. The predicted octanol–water partition coefficient (Wildman–Crippen LogP) is 3.38. The lowest BCUT2D eigenvalue weighted by molar-refractivity contribution is 0.460. The largest absolute Gasteiger partial charge is 0.437 e. The molecule has 0 spiro atoms. The van der Waals surface area contributed by atoms with E-state index in [4.69, 9.17) is 22.1 Å². The van der Waals surface area contributed by atoms with Crippen LogP contribution in [0.25, 0.3) is 0 Å². The lowest BCUT2D eigenvalue weighted by Gasteiger charge is -2.16. The summed E-state index contributed by atoms with van der Waals surface area (Å²) in [6, 6.07) is 6.12. The number of nitrogens with two attached hydrogens (primary N) is 1. The predicted molar refractivity (Wildman–Crippen MR) is 74.6 cm³/mol. The molecular weight excluding hydrogens is 262 g/mol. The van der Waals surface area contributed by atoms with E-state index in [1.165, 1.54) is 30.3 Å². The van der Waals surface area contributed by atoms with Crippen molar-refractivity contribution in [2.75, 3.05) is 5.73 Å². The van der Waals surface area contributed by atoms with Crippen molar-refractivity contribution >= 4 is 17.4 Å². The van der Waals surface area contributed by atoms with E-state index in [-0.39, 0.29) is 10.8 Å². The Kier molecular flexibility index (Phi) is 3.25. The van der Waals surface area contributed by atoms with Gasteiger partial charge in [0.25, 0.3) is 0 Å². The van der Waals surface area contributed by atoms with Crippen LogP contribution in [0.5, 0.6) is 11.6 Å². The number of hydrogen-bond donors (Lipinski definition) is 1. The minimum atomic E-state index is 0.227. The number of fused-ring (bicyclic) bond motifs is 1. The van der Waals surface area contributed by atoms with Gasteiger partial charge < -0.3 is 10.5 Å². The van der Waals surface area contributed by atoms with Crippen LogP contribution < -0.4 is 10.5 Å². The molecule has 0 amide bonds. The van der Waals surface area contributed by atoms with Gasteiger partial charge in [-0.1, -0.05) is 17.7 Å². The van der Waals surface area contributed by atoms with Gasteiger partial charge in [0.1, 0.15) is 22.9 Å². The topological polar surface area (TPSA) is 61.0 Å². The van der Waals surface area contributed by atoms with Crippen LogP contribution >= 0.6 is 11.6 Å². The highest BCUT2D eigenvalue weighted by atomic mass is 35.5. The Morgan fingerprint density at radius 3 is 2.74 bits per heavy atom. The summed E-state index contributed by atoms with van der Waals surface area (Å²) in [5.41, 5.74) is 8.38. The van der Waals surface area contributed by atoms with Crippen molar-refractivity contribution in [3.8, 4) is 11.6 Å². The summed E-state index contributed by atoms with van der Waals surface area (Å²) in [5, 5.41) is 0.250. The first-order valence-corrected chi connectivity index (χ1v) is 6.67. The second kappa shape index (κ2) is 5.05. The third-order valence-corrected chi connectivity index (χ3v) is 3.67. The molecule has 0 atom stereocenters. The second-order valence-electron chi connectivity index (χ2n) is 4.62. The van der Waals surface area contributed by atoms with Gasteiger partial charge in [-0.3, -0.25) is 0 Å². The maximum absolute atomic E-state index is 6.01. The van der Waals surface area contributed by atoms with Crippen LogP contribution in [0.3, 0.4) is 0 Å². The normalized spacial score (nSPS) is 13.9. The van der Waals surface area contributed by atoms with Crippen LogP contribution in [-0.4, -0.2) is 9.97 Å². The molecule has 2 N–H and O–H groups in total. The number of aromatic nitrogens is 2. The van der Waals surface area contributed by atoms with Gasteiger partial charge in [0.15, 0.2) is 0 Å². The summed E-state index contributed by atoms with van der Waals surface area (Å²) in [6.45, 7) is 0. The first-order valence-electron chi connectivity index (χ1n) is 6.29.